The smallest absolute Gasteiger partial charge is 0.255 e. The molecule has 2 aromatic rings. The molecule has 2 amide bonds. The molecule has 0 aliphatic heterocycles. The van der Waals surface area contributed by atoms with Crippen molar-refractivity contribution in [2.45, 2.75) is 20.3 Å². The van der Waals surface area contributed by atoms with Gasteiger partial charge in [0, 0.05) is 23.9 Å². The third-order valence-electron chi connectivity index (χ3n) is 3.50. The van der Waals surface area contributed by atoms with Crippen LogP contribution >= 0.6 is 0 Å². The van der Waals surface area contributed by atoms with Crippen LogP contribution in [0.3, 0.4) is 0 Å². The molecule has 0 aliphatic carbocycles. The van der Waals surface area contributed by atoms with Crippen molar-refractivity contribution in [2.24, 2.45) is 5.92 Å². The summed E-state index contributed by atoms with van der Waals surface area (Å²) in [6.45, 7) is 4.25. The summed E-state index contributed by atoms with van der Waals surface area (Å²) in [6, 6.07) is 14.5. The molecule has 0 fully saturated rings. The molecule has 2 rings (SSSR count). The predicted molar refractivity (Wildman–Crippen MR) is 92.8 cm³/mol. The third kappa shape index (κ3) is 4.42. The molecule has 23 heavy (non-hydrogen) atoms. The fraction of sp³-hybridized carbons (Fsp3) is 0.263. The highest BCUT2D eigenvalue weighted by atomic mass is 16.2. The van der Waals surface area contributed by atoms with Crippen LogP contribution in [0.2, 0.25) is 0 Å². The van der Waals surface area contributed by atoms with E-state index < -0.39 is 0 Å². The number of carbonyl (C=O) groups is 2. The minimum Gasteiger partial charge on any atom is -0.355 e. The van der Waals surface area contributed by atoms with Gasteiger partial charge in [0.25, 0.3) is 11.8 Å². The Kier molecular flexibility index (Phi) is 5.52. The Labute approximate surface area is 136 Å². The number of nitrogens with one attached hydrogen (secondary N) is 2. The van der Waals surface area contributed by atoms with E-state index in [0.717, 1.165) is 12.0 Å². The van der Waals surface area contributed by atoms with Crippen molar-refractivity contribution < 1.29 is 9.59 Å². The Bertz CT molecular complexity index is 708. The lowest BCUT2D eigenvalue weighted by molar-refractivity contribution is 0.0961. The maximum absolute atomic E-state index is 12.6. The molecular formula is C19H22N2O2. The van der Waals surface area contributed by atoms with Gasteiger partial charge in [0.15, 0.2) is 0 Å². The lowest BCUT2D eigenvalue weighted by atomic mass is 9.97. The summed E-state index contributed by atoms with van der Waals surface area (Å²) >= 11 is 0. The zero-order chi connectivity index (χ0) is 16.8. The van der Waals surface area contributed by atoms with Gasteiger partial charge in [-0.25, -0.2) is 0 Å². The molecule has 0 saturated heterocycles. The normalized spacial score (nSPS) is 10.4. The Morgan fingerprint density at radius 3 is 2.43 bits per heavy atom. The monoisotopic (exact) mass is 310 g/mol. The number of rotatable bonds is 5. The lowest BCUT2D eigenvalue weighted by Gasteiger charge is -2.12. The van der Waals surface area contributed by atoms with Crippen LogP contribution in [0.4, 0.5) is 5.69 Å². The van der Waals surface area contributed by atoms with E-state index in [2.05, 4.69) is 24.5 Å². The molecular weight excluding hydrogens is 288 g/mol. The molecule has 0 aliphatic rings. The number of hydrogen-bond acceptors (Lipinski definition) is 2. The van der Waals surface area contributed by atoms with E-state index in [0.29, 0.717) is 22.7 Å². The Morgan fingerprint density at radius 1 is 1.00 bits per heavy atom. The van der Waals surface area contributed by atoms with Gasteiger partial charge >= 0.3 is 0 Å². The molecule has 0 bridgehead atoms. The van der Waals surface area contributed by atoms with E-state index in [1.165, 1.54) is 0 Å². The molecule has 120 valence electrons. The van der Waals surface area contributed by atoms with Crippen LogP contribution in [0.5, 0.6) is 0 Å². The van der Waals surface area contributed by atoms with E-state index in [9.17, 15) is 9.59 Å². The van der Waals surface area contributed by atoms with Crippen LogP contribution in [-0.2, 0) is 6.42 Å². The highest BCUT2D eigenvalue weighted by molar-refractivity contribution is 6.06. The summed E-state index contributed by atoms with van der Waals surface area (Å²) in [7, 11) is 1.58. The van der Waals surface area contributed by atoms with Crippen molar-refractivity contribution in [3.8, 4) is 0 Å². The maximum atomic E-state index is 12.6. The van der Waals surface area contributed by atoms with Crippen molar-refractivity contribution in [2.75, 3.05) is 12.4 Å². The van der Waals surface area contributed by atoms with E-state index in [4.69, 9.17) is 0 Å². The molecule has 0 radical (unpaired) electrons. The van der Waals surface area contributed by atoms with Crippen LogP contribution in [0.25, 0.3) is 0 Å². The molecule has 2 N–H and O–H groups in total. The van der Waals surface area contributed by atoms with Crippen LogP contribution < -0.4 is 10.6 Å². The number of amides is 2. The second kappa shape index (κ2) is 7.58. The summed E-state index contributed by atoms with van der Waals surface area (Å²) in [5.41, 5.74) is 2.82. The number of benzene rings is 2. The first-order valence-corrected chi connectivity index (χ1v) is 7.72. The quantitative estimate of drug-likeness (QED) is 0.888. The zero-order valence-corrected chi connectivity index (χ0v) is 13.7. The van der Waals surface area contributed by atoms with Crippen molar-refractivity contribution in [3.63, 3.8) is 0 Å². The highest BCUT2D eigenvalue weighted by Gasteiger charge is 2.13. The molecule has 4 nitrogen and oxygen atoms in total. The van der Waals surface area contributed by atoms with Crippen molar-refractivity contribution in [3.05, 3.63) is 65.2 Å². The van der Waals surface area contributed by atoms with E-state index in [-0.39, 0.29) is 11.8 Å². The van der Waals surface area contributed by atoms with Crippen molar-refractivity contribution in [1.82, 2.24) is 5.32 Å². The summed E-state index contributed by atoms with van der Waals surface area (Å²) in [5, 5.41) is 5.44. The van der Waals surface area contributed by atoms with Crippen LogP contribution in [0, 0.1) is 5.92 Å². The minimum absolute atomic E-state index is 0.157. The average molecular weight is 310 g/mol. The molecule has 0 atom stereocenters. The Balaban J connectivity index is 2.21. The van der Waals surface area contributed by atoms with Crippen LogP contribution in [0.1, 0.15) is 40.1 Å². The minimum atomic E-state index is -0.179. The predicted octanol–water partition coefficient (Wildman–Crippen LogP) is 3.50. The molecule has 2 aromatic carbocycles. The molecule has 0 saturated carbocycles. The number of hydrogen-bond donors (Lipinski definition) is 2. The summed E-state index contributed by atoms with van der Waals surface area (Å²) < 4.78 is 0. The first kappa shape index (κ1) is 16.7. The van der Waals surface area contributed by atoms with Gasteiger partial charge in [0.05, 0.1) is 0 Å². The Morgan fingerprint density at radius 2 is 1.74 bits per heavy atom. The van der Waals surface area contributed by atoms with Crippen LogP contribution in [0.15, 0.2) is 48.5 Å². The van der Waals surface area contributed by atoms with Crippen molar-refractivity contribution in [1.29, 1.82) is 0 Å². The molecule has 4 heteroatoms. The standard InChI is InChI=1S/C19H22N2O2/c1-13(2)11-14-7-4-5-10-17(14)19(23)21-16-9-6-8-15(12-16)18(22)20-3/h4-10,12-13H,11H2,1-3H3,(H,20,22)(H,21,23). The molecule has 0 heterocycles. The number of carbonyl (C=O) groups excluding carboxylic acids is 2. The van der Waals surface area contributed by atoms with Crippen LogP contribution in [-0.4, -0.2) is 18.9 Å². The van der Waals surface area contributed by atoms with Gasteiger partial charge in [-0.1, -0.05) is 38.1 Å². The highest BCUT2D eigenvalue weighted by Crippen LogP contribution is 2.17. The van der Waals surface area contributed by atoms with E-state index in [1.54, 1.807) is 31.3 Å². The largest absolute Gasteiger partial charge is 0.355 e. The first-order valence-electron chi connectivity index (χ1n) is 7.72. The summed E-state index contributed by atoms with van der Waals surface area (Å²) in [4.78, 5) is 24.2. The van der Waals surface area contributed by atoms with E-state index in [1.807, 2.05) is 24.3 Å². The number of anilines is 1. The van der Waals surface area contributed by atoms with Gasteiger partial charge in [-0.05, 0) is 42.2 Å². The summed E-state index contributed by atoms with van der Waals surface area (Å²) in [5.74, 6) is 0.136. The van der Waals surface area contributed by atoms with Gasteiger partial charge in [0.1, 0.15) is 0 Å². The van der Waals surface area contributed by atoms with Crippen molar-refractivity contribution >= 4 is 17.5 Å². The van der Waals surface area contributed by atoms with Gasteiger partial charge in [-0.3, -0.25) is 9.59 Å². The first-order chi connectivity index (χ1) is 11.0. The summed E-state index contributed by atoms with van der Waals surface area (Å²) in [6.07, 6.45) is 0.849. The maximum Gasteiger partial charge on any atom is 0.255 e. The van der Waals surface area contributed by atoms with Gasteiger partial charge in [0.2, 0.25) is 0 Å². The third-order valence-corrected chi connectivity index (χ3v) is 3.50. The fourth-order valence-electron chi connectivity index (χ4n) is 2.44. The molecule has 0 spiro atoms. The topological polar surface area (TPSA) is 58.2 Å². The lowest BCUT2D eigenvalue weighted by Crippen LogP contribution is -2.19. The SMILES string of the molecule is CNC(=O)c1cccc(NC(=O)c2ccccc2CC(C)C)c1. The fourth-order valence-corrected chi connectivity index (χ4v) is 2.44. The second-order valence-corrected chi connectivity index (χ2v) is 5.87. The Hall–Kier alpha value is -2.62. The molecule has 0 aromatic heterocycles. The second-order valence-electron chi connectivity index (χ2n) is 5.87. The van der Waals surface area contributed by atoms with E-state index >= 15 is 0 Å². The zero-order valence-electron chi connectivity index (χ0n) is 13.7. The van der Waals surface area contributed by atoms with Gasteiger partial charge in [-0.15, -0.1) is 0 Å². The average Bonchev–Trinajstić information content (AvgIpc) is 2.54. The van der Waals surface area contributed by atoms with Gasteiger partial charge in [-0.2, -0.15) is 0 Å². The van der Waals surface area contributed by atoms with Gasteiger partial charge < -0.3 is 10.6 Å². The molecule has 0 unspecified atom stereocenters.